The molecule has 0 unspecified atom stereocenters. The van der Waals surface area contributed by atoms with Gasteiger partial charge < -0.3 is 15.7 Å². The number of nitrogens with one attached hydrogen (secondary N) is 2. The highest BCUT2D eigenvalue weighted by atomic mass is 32.2. The molecule has 3 aromatic carbocycles. The van der Waals surface area contributed by atoms with E-state index in [0.29, 0.717) is 25.1 Å². The molecule has 5 N–H and O–H groups in total. The van der Waals surface area contributed by atoms with Gasteiger partial charge in [-0.3, -0.25) is 10.2 Å². The predicted octanol–water partition coefficient (Wildman–Crippen LogP) is 3.40. The van der Waals surface area contributed by atoms with Gasteiger partial charge in [0.25, 0.3) is 0 Å². The normalized spacial score (nSPS) is 15.6. The van der Waals surface area contributed by atoms with Crippen molar-refractivity contribution >= 4 is 38.5 Å². The summed E-state index contributed by atoms with van der Waals surface area (Å²) in [6.07, 6.45) is -3.81. The first-order valence-electron chi connectivity index (χ1n) is 11.8. The number of halogens is 3. The van der Waals surface area contributed by atoms with Crippen molar-refractivity contribution in [2.24, 2.45) is 5.73 Å². The molecule has 1 heterocycles. The number of sulfonamides is 1. The molecule has 0 aromatic heterocycles. The second kappa shape index (κ2) is 11.8. The van der Waals surface area contributed by atoms with Crippen LogP contribution in [-0.2, 0) is 32.6 Å². The van der Waals surface area contributed by atoms with E-state index in [4.69, 9.17) is 21.0 Å². The fourth-order valence-corrected chi connectivity index (χ4v) is 5.24. The van der Waals surface area contributed by atoms with Crippen molar-refractivity contribution in [1.82, 2.24) is 9.62 Å². The van der Waals surface area contributed by atoms with Gasteiger partial charge in [-0.15, -0.1) is 0 Å². The Labute approximate surface area is 223 Å². The van der Waals surface area contributed by atoms with Gasteiger partial charge in [-0.05, 0) is 52.9 Å². The van der Waals surface area contributed by atoms with Crippen LogP contribution in [0.4, 0.5) is 13.2 Å². The summed E-state index contributed by atoms with van der Waals surface area (Å²) in [6, 6.07) is 17.4. The topological polar surface area (TPSA) is 154 Å². The number of nitrogen functional groups attached to an aromatic ring is 1. The van der Waals surface area contributed by atoms with Crippen LogP contribution in [0.5, 0.6) is 0 Å². The molecule has 0 aliphatic carbocycles. The molecule has 3 aromatic rings. The number of hydrogen-bond acceptors (Lipinski definition) is 5. The molecule has 208 valence electrons. The van der Waals surface area contributed by atoms with Gasteiger partial charge >= 0.3 is 12.1 Å². The number of carboxylic acids is 1. The van der Waals surface area contributed by atoms with Crippen molar-refractivity contribution in [2.45, 2.75) is 43.4 Å². The number of likely N-dealkylation sites (tertiary alicyclic amines) is 1. The number of carbonyl (C=O) groups excluding carboxylic acids is 1. The Hall–Kier alpha value is -3.97. The molecular formula is C26H27F3N4O5S. The summed E-state index contributed by atoms with van der Waals surface area (Å²) < 4.78 is 60.3. The Bertz CT molecular complexity index is 1510. The van der Waals surface area contributed by atoms with Gasteiger partial charge in [0.2, 0.25) is 15.9 Å². The van der Waals surface area contributed by atoms with Crippen LogP contribution in [0.2, 0.25) is 0 Å². The lowest BCUT2D eigenvalue weighted by Crippen LogP contribution is -2.41. The number of carbonyl (C=O) groups is 2. The molecule has 0 radical (unpaired) electrons. The first-order valence-corrected chi connectivity index (χ1v) is 13.3. The summed E-state index contributed by atoms with van der Waals surface area (Å²) in [5.74, 6) is -3.05. The van der Waals surface area contributed by atoms with Crippen molar-refractivity contribution in [3.05, 3.63) is 77.4 Å². The molecule has 1 atom stereocenters. The van der Waals surface area contributed by atoms with E-state index < -0.39 is 28.2 Å². The number of nitrogens with two attached hydrogens (primary N) is 1. The monoisotopic (exact) mass is 564 g/mol. The molecular weight excluding hydrogens is 537 g/mol. The SMILES string of the molecule is CCc1ccc2ccc(S(=O)(=O)N[C@H]3CCN(Cc4cccc(C(=N)N)c4)C3=O)cc2c1.O=C(O)C(F)(F)F. The summed E-state index contributed by atoms with van der Waals surface area (Å²) >= 11 is 0. The minimum atomic E-state index is -5.08. The highest BCUT2D eigenvalue weighted by Gasteiger charge is 2.38. The van der Waals surface area contributed by atoms with Crippen LogP contribution in [-0.4, -0.2) is 54.9 Å². The zero-order valence-corrected chi connectivity index (χ0v) is 21.6. The number of nitrogens with zero attached hydrogens (tertiary/aromatic N) is 1. The van der Waals surface area contributed by atoms with E-state index in [2.05, 4.69) is 11.6 Å². The van der Waals surface area contributed by atoms with Crippen molar-refractivity contribution in [2.75, 3.05) is 6.54 Å². The molecule has 0 saturated carbocycles. The van der Waals surface area contributed by atoms with Crippen molar-refractivity contribution in [3.8, 4) is 0 Å². The van der Waals surface area contributed by atoms with Gasteiger partial charge in [-0.1, -0.05) is 49.4 Å². The summed E-state index contributed by atoms with van der Waals surface area (Å²) in [6.45, 7) is 2.85. The molecule has 0 spiro atoms. The van der Waals surface area contributed by atoms with Gasteiger partial charge in [0, 0.05) is 18.7 Å². The van der Waals surface area contributed by atoms with Crippen LogP contribution in [0, 0.1) is 5.41 Å². The first-order chi connectivity index (χ1) is 18.2. The van der Waals surface area contributed by atoms with E-state index in [9.17, 15) is 26.4 Å². The van der Waals surface area contributed by atoms with Gasteiger partial charge in [-0.25, -0.2) is 13.2 Å². The molecule has 13 heteroatoms. The Morgan fingerprint density at radius 2 is 1.77 bits per heavy atom. The molecule has 1 saturated heterocycles. The van der Waals surface area contributed by atoms with Crippen LogP contribution in [0.1, 0.15) is 30.0 Å². The quantitative estimate of drug-likeness (QED) is 0.255. The Morgan fingerprint density at radius 3 is 2.38 bits per heavy atom. The van der Waals surface area contributed by atoms with E-state index in [-0.39, 0.29) is 16.6 Å². The molecule has 1 aliphatic heterocycles. The molecule has 9 nitrogen and oxygen atoms in total. The maximum atomic E-state index is 13.0. The number of benzene rings is 3. The average molecular weight is 565 g/mol. The number of carboxylic acid groups (broad SMARTS) is 1. The van der Waals surface area contributed by atoms with Crippen molar-refractivity contribution < 1.29 is 36.3 Å². The smallest absolute Gasteiger partial charge is 0.475 e. The van der Waals surface area contributed by atoms with Crippen LogP contribution in [0.15, 0.2) is 65.6 Å². The Balaban J connectivity index is 0.000000532. The minimum Gasteiger partial charge on any atom is -0.475 e. The fourth-order valence-electron chi connectivity index (χ4n) is 3.98. The molecule has 1 aliphatic rings. The second-order valence-electron chi connectivity index (χ2n) is 8.84. The number of fused-ring (bicyclic) bond motifs is 1. The van der Waals surface area contributed by atoms with E-state index in [0.717, 1.165) is 28.3 Å². The van der Waals surface area contributed by atoms with E-state index in [1.54, 1.807) is 41.3 Å². The van der Waals surface area contributed by atoms with Gasteiger partial charge in [-0.2, -0.15) is 17.9 Å². The molecule has 4 rings (SSSR count). The van der Waals surface area contributed by atoms with Gasteiger partial charge in [0.1, 0.15) is 11.9 Å². The lowest BCUT2D eigenvalue weighted by atomic mass is 10.1. The first kappa shape index (κ1) is 29.6. The predicted molar refractivity (Wildman–Crippen MR) is 139 cm³/mol. The van der Waals surface area contributed by atoms with Gasteiger partial charge in [0.05, 0.1) is 4.90 Å². The van der Waals surface area contributed by atoms with Crippen molar-refractivity contribution in [3.63, 3.8) is 0 Å². The minimum absolute atomic E-state index is 0.0355. The molecule has 0 bridgehead atoms. The number of amides is 1. The molecule has 39 heavy (non-hydrogen) atoms. The summed E-state index contributed by atoms with van der Waals surface area (Å²) in [7, 11) is -3.84. The number of aliphatic carboxylic acids is 1. The van der Waals surface area contributed by atoms with Crippen LogP contribution in [0.3, 0.4) is 0 Å². The lowest BCUT2D eigenvalue weighted by molar-refractivity contribution is -0.192. The van der Waals surface area contributed by atoms with Crippen LogP contribution in [0.25, 0.3) is 10.8 Å². The van der Waals surface area contributed by atoms with E-state index in [1.807, 2.05) is 24.3 Å². The number of aryl methyl sites for hydroxylation is 1. The lowest BCUT2D eigenvalue weighted by Gasteiger charge is -2.18. The second-order valence-corrected chi connectivity index (χ2v) is 10.6. The highest BCUT2D eigenvalue weighted by Crippen LogP contribution is 2.23. The number of alkyl halides is 3. The fraction of sp³-hybridized carbons (Fsp3) is 0.269. The third-order valence-corrected chi connectivity index (χ3v) is 7.51. The molecule has 1 fully saturated rings. The third kappa shape index (κ3) is 7.54. The highest BCUT2D eigenvalue weighted by molar-refractivity contribution is 7.89. The third-order valence-electron chi connectivity index (χ3n) is 6.04. The number of amidine groups is 1. The maximum absolute atomic E-state index is 13.0. The maximum Gasteiger partial charge on any atom is 0.490 e. The Morgan fingerprint density at radius 1 is 1.10 bits per heavy atom. The standard InChI is InChI=1S/C24H26N4O3S.C2HF3O2/c1-2-16-6-7-18-8-9-21(14-20(18)12-16)32(30,31)27-22-10-11-28(24(22)29)15-17-4-3-5-19(13-17)23(25)26;3-2(4,5)1(6)7/h3-9,12-14,22,27H,2,10-11,15H2,1H3,(H3,25,26);(H,6,7)/t22-;/m0./s1. The van der Waals surface area contributed by atoms with Gasteiger partial charge in [0.15, 0.2) is 0 Å². The number of rotatable bonds is 7. The summed E-state index contributed by atoms with van der Waals surface area (Å²) in [5, 5.41) is 16.5. The largest absolute Gasteiger partial charge is 0.490 e. The zero-order chi connectivity index (χ0) is 29.0. The molecule has 1 amide bonds. The summed E-state index contributed by atoms with van der Waals surface area (Å²) in [4.78, 5) is 23.5. The van der Waals surface area contributed by atoms with Crippen LogP contribution >= 0.6 is 0 Å². The summed E-state index contributed by atoms with van der Waals surface area (Å²) in [5.41, 5.74) is 8.11. The van der Waals surface area contributed by atoms with E-state index >= 15 is 0 Å². The van der Waals surface area contributed by atoms with Crippen LogP contribution < -0.4 is 10.5 Å². The van der Waals surface area contributed by atoms with Crippen molar-refractivity contribution in [1.29, 1.82) is 5.41 Å². The number of hydrogen-bond donors (Lipinski definition) is 4. The zero-order valence-electron chi connectivity index (χ0n) is 20.8. The Kier molecular flexibility index (Phi) is 8.97. The average Bonchev–Trinajstić information content (AvgIpc) is 3.21. The van der Waals surface area contributed by atoms with E-state index in [1.165, 1.54) is 0 Å².